The zero-order valence-corrected chi connectivity index (χ0v) is 40.8. The maximum Gasteiger partial charge on any atom is 0.120 e. The predicted octanol–water partition coefficient (Wildman–Crippen LogP) is 14.8. The molecule has 0 N–H and O–H groups in total. The van der Waals surface area contributed by atoms with E-state index in [1.807, 2.05) is 36.4 Å². The smallest absolute Gasteiger partial charge is 0.120 e. The summed E-state index contributed by atoms with van der Waals surface area (Å²) in [6.07, 6.45) is 3.24. The molecule has 0 aliphatic carbocycles. The van der Waals surface area contributed by atoms with Crippen LogP contribution in [0.3, 0.4) is 0 Å². The molecule has 0 aliphatic rings. The van der Waals surface area contributed by atoms with Crippen LogP contribution in [0.4, 0.5) is 0 Å². The quantitative estimate of drug-likeness (QED) is 0.118. The van der Waals surface area contributed by atoms with Gasteiger partial charge in [0.25, 0.3) is 0 Å². The van der Waals surface area contributed by atoms with Crippen molar-refractivity contribution >= 4 is 57.0 Å². The van der Waals surface area contributed by atoms with Crippen molar-refractivity contribution in [1.29, 1.82) is 0 Å². The Morgan fingerprint density at radius 3 is 2.17 bits per heavy atom. The van der Waals surface area contributed by atoms with Gasteiger partial charge in [-0.05, 0) is 69.4 Å². The molecule has 0 bridgehead atoms. The number of aromatic nitrogens is 3. The summed E-state index contributed by atoms with van der Waals surface area (Å²) >= 11 is 0. The van der Waals surface area contributed by atoms with Crippen LogP contribution >= 0.6 is 0 Å². The number of nitrogens with zero attached hydrogens (tertiary/aromatic N) is 3. The van der Waals surface area contributed by atoms with E-state index in [0.717, 1.165) is 84.2 Å². The molecular weight excluding hydrogens is 963 g/mol. The van der Waals surface area contributed by atoms with Crippen LogP contribution in [0.25, 0.3) is 83.2 Å². The van der Waals surface area contributed by atoms with Gasteiger partial charge in [-0.1, -0.05) is 162 Å². The number of benzene rings is 7. The molecule has 10 aromatic rings. The molecule has 10 rings (SSSR count). The molecule has 1 radical (unpaired) electrons. The molecule has 0 spiro atoms. The van der Waals surface area contributed by atoms with Crippen LogP contribution in [-0.2, 0) is 31.9 Å². The van der Waals surface area contributed by atoms with Crippen molar-refractivity contribution in [3.05, 3.63) is 181 Å². The Balaban J connectivity index is 0.000000219. The number of para-hydroxylation sites is 1. The Morgan fingerprint density at radius 2 is 1.44 bits per heavy atom. The summed E-state index contributed by atoms with van der Waals surface area (Å²) in [5.74, 6) is 1.48. The van der Waals surface area contributed by atoms with Crippen LogP contribution in [0, 0.1) is 18.1 Å². The van der Waals surface area contributed by atoms with Crippen molar-refractivity contribution in [2.45, 2.75) is 66.1 Å². The van der Waals surface area contributed by atoms with Gasteiger partial charge in [0.2, 0.25) is 0 Å². The number of furan rings is 1. The van der Waals surface area contributed by atoms with E-state index in [0.29, 0.717) is 5.92 Å². The Kier molecular flexibility index (Phi) is 12.3. The number of rotatable bonds is 7. The van der Waals surface area contributed by atoms with Crippen LogP contribution < -0.4 is 5.19 Å². The number of hydrogen-bond donors (Lipinski definition) is 0. The molecule has 4 nitrogen and oxygen atoms in total. The first-order valence-corrected chi connectivity index (χ1v) is 25.2. The Labute approximate surface area is 386 Å². The molecule has 0 fully saturated rings. The summed E-state index contributed by atoms with van der Waals surface area (Å²) in [5.41, 5.74) is 12.8. The van der Waals surface area contributed by atoms with Gasteiger partial charge in [0, 0.05) is 48.3 Å². The van der Waals surface area contributed by atoms with E-state index in [-0.39, 0.29) is 25.5 Å². The van der Waals surface area contributed by atoms with Gasteiger partial charge in [-0.15, -0.1) is 54.1 Å². The number of imidazole rings is 1. The van der Waals surface area contributed by atoms with Crippen molar-refractivity contribution in [1.82, 2.24) is 14.5 Å². The van der Waals surface area contributed by atoms with Crippen molar-refractivity contribution in [2.24, 2.45) is 5.92 Å². The van der Waals surface area contributed by atoms with Gasteiger partial charge in [-0.2, -0.15) is 0 Å². The van der Waals surface area contributed by atoms with Crippen LogP contribution in [0.15, 0.2) is 162 Å². The van der Waals surface area contributed by atoms with Crippen molar-refractivity contribution in [2.75, 3.05) is 0 Å². The fraction of sp³-hybridized carbons (Fsp3) is 0.193. The van der Waals surface area contributed by atoms with Gasteiger partial charge in [-0.3, -0.25) is 4.98 Å². The van der Waals surface area contributed by atoms with Crippen molar-refractivity contribution in [3.8, 4) is 39.5 Å². The standard InChI is InChI=1S/C39H29N2O.C18H24NSi.Ir/c1-39(2,3)27-21-23-33(32(24-27)25-12-5-4-6-13-25)41-34-22-20-26-14-7-8-15-28(26)36(34)40-38(41)31-18-11-17-30-29-16-9-10-19-35(29)42-37(30)31;1-14(2)11-16-12-17(15-9-7-6-8-10-15)19-13-18(16)20(3,4)5;/h4-17,19-24H,1-3H3;6-9,12-14H,11H2,1-5H3;/q2*-1;. The molecule has 7 aromatic carbocycles. The molecule has 0 saturated carbocycles. The molecule has 0 saturated heterocycles. The van der Waals surface area contributed by atoms with E-state index < -0.39 is 8.07 Å². The SMILES string of the molecule is CC(C)(C)c1ccc(-n2c(-c3[c-]ccc4c3oc3ccccc34)nc3c4ccccc4ccc32)c(-c2ccccc2)c1.CC(C)Cc1cc(-c2[c-]cccc2)ncc1[Si](C)(C)C.[Ir]. The Morgan fingerprint density at radius 1 is 0.714 bits per heavy atom. The molecule has 0 aliphatic heterocycles. The minimum absolute atomic E-state index is 0. The normalized spacial score (nSPS) is 11.9. The molecule has 0 amide bonds. The average molecular weight is 1020 g/mol. The van der Waals surface area contributed by atoms with E-state index in [1.165, 1.54) is 21.7 Å². The molecule has 317 valence electrons. The maximum atomic E-state index is 6.51. The molecule has 6 heteroatoms. The summed E-state index contributed by atoms with van der Waals surface area (Å²) < 4.78 is 8.81. The minimum atomic E-state index is -1.34. The van der Waals surface area contributed by atoms with Gasteiger partial charge >= 0.3 is 0 Å². The molecule has 63 heavy (non-hydrogen) atoms. The second kappa shape index (κ2) is 17.7. The molecule has 3 heterocycles. The summed E-state index contributed by atoms with van der Waals surface area (Å²) in [5, 5.41) is 5.94. The third-order valence-corrected chi connectivity index (χ3v) is 13.8. The van der Waals surface area contributed by atoms with E-state index in [4.69, 9.17) is 9.40 Å². The summed E-state index contributed by atoms with van der Waals surface area (Å²) in [4.78, 5) is 10.1. The number of pyridine rings is 1. The Hall–Kier alpha value is -5.91. The topological polar surface area (TPSA) is 43.9 Å². The van der Waals surface area contributed by atoms with Crippen LogP contribution in [-0.4, -0.2) is 22.6 Å². The first kappa shape index (κ1) is 43.7. The van der Waals surface area contributed by atoms with Crippen molar-refractivity contribution < 1.29 is 24.5 Å². The minimum Gasteiger partial charge on any atom is -0.501 e. The first-order chi connectivity index (χ1) is 29.8. The fourth-order valence-corrected chi connectivity index (χ4v) is 10.2. The van der Waals surface area contributed by atoms with Gasteiger partial charge in [-0.25, -0.2) is 0 Å². The number of fused-ring (bicyclic) bond motifs is 6. The summed E-state index contributed by atoms with van der Waals surface area (Å²) in [7, 11) is -1.34. The van der Waals surface area contributed by atoms with Gasteiger partial charge in [0.05, 0.1) is 30.5 Å². The molecular formula is C57H53IrN3OSi-2. The van der Waals surface area contributed by atoms with Crippen LogP contribution in [0.2, 0.25) is 19.6 Å². The molecule has 0 unspecified atom stereocenters. The first-order valence-electron chi connectivity index (χ1n) is 21.7. The number of hydrogen-bond acceptors (Lipinski definition) is 3. The predicted molar refractivity (Wildman–Crippen MR) is 264 cm³/mol. The third-order valence-electron chi connectivity index (χ3n) is 11.7. The zero-order chi connectivity index (χ0) is 43.2. The summed E-state index contributed by atoms with van der Waals surface area (Å²) in [6, 6.07) is 59.8. The van der Waals surface area contributed by atoms with E-state index >= 15 is 0 Å². The largest absolute Gasteiger partial charge is 0.501 e. The van der Waals surface area contributed by atoms with Gasteiger partial charge < -0.3 is 14.0 Å². The molecule has 3 aromatic heterocycles. The third kappa shape index (κ3) is 8.73. The van der Waals surface area contributed by atoms with Crippen LogP contribution in [0.5, 0.6) is 0 Å². The second-order valence-corrected chi connectivity index (χ2v) is 23.9. The summed E-state index contributed by atoms with van der Waals surface area (Å²) in [6.45, 7) is 18.5. The van der Waals surface area contributed by atoms with Gasteiger partial charge in [0.1, 0.15) is 5.58 Å². The van der Waals surface area contributed by atoms with E-state index in [1.54, 1.807) is 0 Å². The van der Waals surface area contributed by atoms with E-state index in [2.05, 4.69) is 197 Å². The van der Waals surface area contributed by atoms with Crippen molar-refractivity contribution in [3.63, 3.8) is 0 Å². The van der Waals surface area contributed by atoms with Gasteiger partial charge in [0.15, 0.2) is 0 Å². The van der Waals surface area contributed by atoms with Crippen LogP contribution in [0.1, 0.15) is 45.7 Å². The fourth-order valence-electron chi connectivity index (χ4n) is 8.61. The Bertz CT molecular complexity index is 3210. The zero-order valence-electron chi connectivity index (χ0n) is 37.4. The average Bonchev–Trinajstić information content (AvgIpc) is 3.85. The second-order valence-electron chi connectivity index (χ2n) is 18.8. The monoisotopic (exact) mass is 1020 g/mol. The molecule has 0 atom stereocenters. The maximum absolute atomic E-state index is 6.51. The van der Waals surface area contributed by atoms with E-state index in [9.17, 15) is 0 Å².